The second-order valence-electron chi connectivity index (χ2n) is 3.39. The number of nitrogens with zero attached hydrogens (tertiary/aromatic N) is 1. The van der Waals surface area contributed by atoms with E-state index in [1.165, 1.54) is 16.7 Å². The van der Waals surface area contributed by atoms with Gasteiger partial charge in [0.15, 0.2) is 0 Å². The van der Waals surface area contributed by atoms with Gasteiger partial charge in [0.25, 0.3) is 5.56 Å². The predicted molar refractivity (Wildman–Crippen MR) is 64.4 cm³/mol. The molecule has 2 rings (SSSR count). The summed E-state index contributed by atoms with van der Waals surface area (Å²) >= 11 is 3.32. The van der Waals surface area contributed by atoms with Crippen molar-refractivity contribution in [1.82, 2.24) is 4.57 Å². The highest BCUT2D eigenvalue weighted by molar-refractivity contribution is 9.10. The number of halogens is 2. The monoisotopic (exact) mass is 281 g/mol. The molecule has 0 radical (unpaired) electrons. The SMILES string of the molecule is Cc1c(Br)ccc(=O)n1-c1ccccc1F. The van der Waals surface area contributed by atoms with Gasteiger partial charge in [0.2, 0.25) is 0 Å². The summed E-state index contributed by atoms with van der Waals surface area (Å²) in [5, 5.41) is 0. The topological polar surface area (TPSA) is 22.0 Å². The van der Waals surface area contributed by atoms with Gasteiger partial charge in [0, 0.05) is 16.2 Å². The number of benzene rings is 1. The minimum atomic E-state index is -0.411. The fraction of sp³-hybridized carbons (Fsp3) is 0.0833. The van der Waals surface area contributed by atoms with E-state index in [1.807, 2.05) is 0 Å². The van der Waals surface area contributed by atoms with Gasteiger partial charge in [-0.25, -0.2) is 4.39 Å². The summed E-state index contributed by atoms with van der Waals surface area (Å²) in [6, 6.07) is 9.28. The van der Waals surface area contributed by atoms with Crippen LogP contribution in [0, 0.1) is 12.7 Å². The normalized spacial score (nSPS) is 10.4. The van der Waals surface area contributed by atoms with Crippen molar-refractivity contribution in [2.75, 3.05) is 0 Å². The number of hydrogen-bond donors (Lipinski definition) is 0. The first kappa shape index (κ1) is 11.1. The third-order valence-electron chi connectivity index (χ3n) is 2.37. The number of aromatic nitrogens is 1. The summed E-state index contributed by atoms with van der Waals surface area (Å²) in [7, 11) is 0. The molecule has 0 saturated heterocycles. The number of rotatable bonds is 1. The van der Waals surface area contributed by atoms with Gasteiger partial charge in [0.05, 0.1) is 5.69 Å². The van der Waals surface area contributed by atoms with Crippen molar-refractivity contribution >= 4 is 15.9 Å². The highest BCUT2D eigenvalue weighted by atomic mass is 79.9. The lowest BCUT2D eigenvalue weighted by Crippen LogP contribution is -2.20. The van der Waals surface area contributed by atoms with Crippen LogP contribution in [0.2, 0.25) is 0 Å². The maximum absolute atomic E-state index is 13.6. The quantitative estimate of drug-likeness (QED) is 0.788. The Balaban J connectivity index is 2.79. The van der Waals surface area contributed by atoms with Crippen molar-refractivity contribution in [2.45, 2.75) is 6.92 Å². The Morgan fingerprint density at radius 2 is 1.88 bits per heavy atom. The minimum absolute atomic E-state index is 0.245. The van der Waals surface area contributed by atoms with E-state index in [2.05, 4.69) is 15.9 Å². The second-order valence-corrected chi connectivity index (χ2v) is 4.25. The maximum Gasteiger partial charge on any atom is 0.255 e. The zero-order valence-electron chi connectivity index (χ0n) is 8.58. The van der Waals surface area contributed by atoms with Gasteiger partial charge < -0.3 is 0 Å². The molecular formula is C12H9BrFNO. The summed E-state index contributed by atoms with van der Waals surface area (Å²) in [5.74, 6) is -0.411. The Hall–Kier alpha value is -1.42. The van der Waals surface area contributed by atoms with Crippen molar-refractivity contribution in [2.24, 2.45) is 0 Å². The van der Waals surface area contributed by atoms with Gasteiger partial charge in [-0.15, -0.1) is 0 Å². The Labute approximate surface area is 100 Å². The molecule has 4 heteroatoms. The van der Waals surface area contributed by atoms with Crippen molar-refractivity contribution in [3.63, 3.8) is 0 Å². The fourth-order valence-corrected chi connectivity index (χ4v) is 1.85. The molecule has 0 aliphatic rings. The van der Waals surface area contributed by atoms with E-state index >= 15 is 0 Å². The van der Waals surface area contributed by atoms with Crippen molar-refractivity contribution < 1.29 is 4.39 Å². The zero-order chi connectivity index (χ0) is 11.7. The number of hydrogen-bond acceptors (Lipinski definition) is 1. The first-order valence-corrected chi connectivity index (χ1v) is 5.53. The molecule has 0 spiro atoms. The van der Waals surface area contributed by atoms with E-state index in [4.69, 9.17) is 0 Å². The molecule has 0 aliphatic carbocycles. The average molecular weight is 282 g/mol. The molecular weight excluding hydrogens is 273 g/mol. The van der Waals surface area contributed by atoms with Gasteiger partial charge in [-0.3, -0.25) is 9.36 Å². The Morgan fingerprint density at radius 1 is 1.19 bits per heavy atom. The Morgan fingerprint density at radius 3 is 2.56 bits per heavy atom. The number of para-hydroxylation sites is 1. The molecule has 2 nitrogen and oxygen atoms in total. The third kappa shape index (κ3) is 1.80. The molecule has 0 saturated carbocycles. The van der Waals surface area contributed by atoms with Crippen LogP contribution in [-0.4, -0.2) is 4.57 Å². The molecule has 82 valence electrons. The highest BCUT2D eigenvalue weighted by Gasteiger charge is 2.09. The maximum atomic E-state index is 13.6. The Kier molecular flexibility index (Phi) is 2.92. The van der Waals surface area contributed by atoms with Crippen LogP contribution in [0.3, 0.4) is 0 Å². The first-order chi connectivity index (χ1) is 7.61. The fourth-order valence-electron chi connectivity index (χ4n) is 1.54. The van der Waals surface area contributed by atoms with Crippen LogP contribution < -0.4 is 5.56 Å². The molecule has 0 bridgehead atoms. The second kappa shape index (κ2) is 4.22. The van der Waals surface area contributed by atoms with Crippen LogP contribution in [0.15, 0.2) is 45.7 Å². The molecule has 0 aliphatic heterocycles. The zero-order valence-corrected chi connectivity index (χ0v) is 10.2. The van der Waals surface area contributed by atoms with Gasteiger partial charge in [-0.2, -0.15) is 0 Å². The smallest absolute Gasteiger partial charge is 0.255 e. The predicted octanol–water partition coefficient (Wildman–Crippen LogP) is 3.05. The summed E-state index contributed by atoms with van der Waals surface area (Å²) < 4.78 is 15.7. The highest BCUT2D eigenvalue weighted by Crippen LogP contribution is 2.18. The molecule has 0 amide bonds. The first-order valence-electron chi connectivity index (χ1n) is 4.74. The molecule has 1 aromatic heterocycles. The van der Waals surface area contributed by atoms with Crippen LogP contribution in [0.4, 0.5) is 4.39 Å². The third-order valence-corrected chi connectivity index (χ3v) is 3.21. The van der Waals surface area contributed by atoms with Gasteiger partial charge in [-0.05, 0) is 41.1 Å². The van der Waals surface area contributed by atoms with E-state index in [1.54, 1.807) is 31.2 Å². The molecule has 1 heterocycles. The lowest BCUT2D eigenvalue weighted by molar-refractivity contribution is 0.614. The standard InChI is InChI=1S/C12H9BrFNO/c1-8-9(13)6-7-12(16)15(8)11-5-3-2-4-10(11)14/h2-7H,1H3. The molecule has 2 aromatic rings. The van der Waals surface area contributed by atoms with Crippen molar-refractivity contribution in [3.8, 4) is 5.69 Å². The van der Waals surface area contributed by atoms with Crippen LogP contribution in [0.5, 0.6) is 0 Å². The molecule has 0 fully saturated rings. The molecule has 0 N–H and O–H groups in total. The largest absolute Gasteiger partial charge is 0.277 e. The van der Waals surface area contributed by atoms with E-state index < -0.39 is 5.82 Å². The van der Waals surface area contributed by atoms with E-state index in [0.29, 0.717) is 5.69 Å². The van der Waals surface area contributed by atoms with Gasteiger partial charge >= 0.3 is 0 Å². The van der Waals surface area contributed by atoms with E-state index in [-0.39, 0.29) is 11.2 Å². The molecule has 1 aromatic carbocycles. The summed E-state index contributed by atoms with van der Waals surface area (Å²) in [6.07, 6.45) is 0. The van der Waals surface area contributed by atoms with Gasteiger partial charge in [0.1, 0.15) is 5.82 Å². The molecule has 16 heavy (non-hydrogen) atoms. The minimum Gasteiger partial charge on any atom is -0.277 e. The van der Waals surface area contributed by atoms with Crippen molar-refractivity contribution in [3.05, 3.63) is 62.7 Å². The lowest BCUT2D eigenvalue weighted by Gasteiger charge is -2.11. The summed E-state index contributed by atoms with van der Waals surface area (Å²) in [6.45, 7) is 1.76. The van der Waals surface area contributed by atoms with Crippen LogP contribution in [-0.2, 0) is 0 Å². The molecule has 0 atom stereocenters. The average Bonchev–Trinajstić information content (AvgIpc) is 2.27. The number of pyridine rings is 1. The van der Waals surface area contributed by atoms with Crippen LogP contribution in [0.1, 0.15) is 5.69 Å². The van der Waals surface area contributed by atoms with Crippen LogP contribution >= 0.6 is 15.9 Å². The molecule has 0 unspecified atom stereocenters. The van der Waals surface area contributed by atoms with Crippen LogP contribution in [0.25, 0.3) is 5.69 Å². The van der Waals surface area contributed by atoms with E-state index in [0.717, 1.165) is 4.47 Å². The van der Waals surface area contributed by atoms with E-state index in [9.17, 15) is 9.18 Å². The lowest BCUT2D eigenvalue weighted by atomic mass is 10.2. The van der Waals surface area contributed by atoms with Gasteiger partial charge in [-0.1, -0.05) is 12.1 Å². The summed E-state index contributed by atoms with van der Waals surface area (Å²) in [5.41, 5.74) is 0.703. The summed E-state index contributed by atoms with van der Waals surface area (Å²) in [4.78, 5) is 11.7. The Bertz CT molecular complexity index is 592. The van der Waals surface area contributed by atoms with Crippen molar-refractivity contribution in [1.29, 1.82) is 0 Å².